The van der Waals surface area contributed by atoms with Crippen molar-refractivity contribution in [1.29, 1.82) is 5.26 Å². The second-order valence-corrected chi connectivity index (χ2v) is 4.82. The number of nitrogens with zero attached hydrogens (tertiary/aromatic N) is 1. The maximum absolute atomic E-state index is 8.61. The molecule has 0 N–H and O–H groups in total. The molecule has 1 nitrogen and oxygen atoms in total. The summed E-state index contributed by atoms with van der Waals surface area (Å²) < 4.78 is 0. The van der Waals surface area contributed by atoms with Gasteiger partial charge in [0.25, 0.3) is 0 Å². The van der Waals surface area contributed by atoms with Gasteiger partial charge in [-0.05, 0) is 37.0 Å². The van der Waals surface area contributed by atoms with Gasteiger partial charge in [0.2, 0.25) is 0 Å². The molecule has 0 heterocycles. The third kappa shape index (κ3) is 1.63. The molecule has 1 saturated carbocycles. The average Bonchev–Trinajstić information content (AvgIpc) is 2.48. The first-order chi connectivity index (χ1) is 5.50. The van der Waals surface area contributed by atoms with Crippen molar-refractivity contribution in [2.75, 3.05) is 0 Å². The fourth-order valence-electron chi connectivity index (χ4n) is 2.13. The lowest BCUT2D eigenvalue weighted by Crippen LogP contribution is -1.94. The summed E-state index contributed by atoms with van der Waals surface area (Å²) in [6.07, 6.45) is 2.32. The van der Waals surface area contributed by atoms with E-state index in [9.17, 15) is 0 Å². The topological polar surface area (TPSA) is 23.8 Å². The number of rotatable bonds is 3. The molecule has 0 aromatic heterocycles. The molecule has 2 unspecified atom stereocenters. The quantitative estimate of drug-likeness (QED) is 0.630. The van der Waals surface area contributed by atoms with Crippen LogP contribution in [0, 0.1) is 34.5 Å². The van der Waals surface area contributed by atoms with E-state index in [-0.39, 0.29) is 5.92 Å². The Labute approximate surface area is 75.8 Å². The lowest BCUT2D eigenvalue weighted by atomic mass is 10.0. The molecule has 0 bridgehead atoms. The van der Waals surface area contributed by atoms with Crippen molar-refractivity contribution in [2.24, 2.45) is 23.2 Å². The van der Waals surface area contributed by atoms with Crippen molar-refractivity contribution in [2.45, 2.75) is 40.5 Å². The molecule has 12 heavy (non-hydrogen) atoms. The predicted molar refractivity (Wildman–Crippen MR) is 50.4 cm³/mol. The fraction of sp³-hybridized carbons (Fsp3) is 0.909. The molecule has 1 heteroatoms. The maximum atomic E-state index is 8.61. The van der Waals surface area contributed by atoms with Gasteiger partial charge in [-0.3, -0.25) is 0 Å². The van der Waals surface area contributed by atoms with Gasteiger partial charge in [0.05, 0.1) is 6.07 Å². The summed E-state index contributed by atoms with van der Waals surface area (Å²) in [5.74, 6) is 1.98. The molecule has 1 aliphatic carbocycles. The van der Waals surface area contributed by atoms with Crippen LogP contribution in [0.2, 0.25) is 0 Å². The van der Waals surface area contributed by atoms with Gasteiger partial charge in [-0.15, -0.1) is 0 Å². The molecular weight excluding hydrogens is 146 g/mol. The van der Waals surface area contributed by atoms with Gasteiger partial charge < -0.3 is 0 Å². The number of nitriles is 1. The summed E-state index contributed by atoms with van der Waals surface area (Å²) in [6, 6.07) is 2.29. The maximum Gasteiger partial charge on any atom is 0.0652 e. The fourth-order valence-corrected chi connectivity index (χ4v) is 2.13. The first kappa shape index (κ1) is 9.58. The summed E-state index contributed by atoms with van der Waals surface area (Å²) in [4.78, 5) is 0. The Morgan fingerprint density at radius 3 is 2.33 bits per heavy atom. The van der Waals surface area contributed by atoms with Gasteiger partial charge in [0.15, 0.2) is 0 Å². The average molecular weight is 165 g/mol. The van der Waals surface area contributed by atoms with E-state index in [1.165, 1.54) is 6.42 Å². The number of hydrogen-bond acceptors (Lipinski definition) is 1. The van der Waals surface area contributed by atoms with Crippen LogP contribution in [-0.4, -0.2) is 0 Å². The molecular formula is C11H19N. The highest BCUT2D eigenvalue weighted by atomic mass is 14.6. The van der Waals surface area contributed by atoms with Gasteiger partial charge in [0.1, 0.15) is 0 Å². The molecule has 0 aromatic carbocycles. The zero-order valence-corrected chi connectivity index (χ0v) is 8.59. The second kappa shape index (κ2) is 3.09. The van der Waals surface area contributed by atoms with Crippen molar-refractivity contribution in [3.05, 3.63) is 0 Å². The zero-order valence-electron chi connectivity index (χ0n) is 8.59. The van der Waals surface area contributed by atoms with Gasteiger partial charge in [0, 0.05) is 5.92 Å². The van der Waals surface area contributed by atoms with E-state index >= 15 is 0 Å². The first-order valence-corrected chi connectivity index (χ1v) is 4.89. The molecule has 1 fully saturated rings. The highest BCUT2D eigenvalue weighted by Crippen LogP contribution is 2.60. The lowest BCUT2D eigenvalue weighted by Gasteiger charge is -2.03. The summed E-state index contributed by atoms with van der Waals surface area (Å²) >= 11 is 0. The van der Waals surface area contributed by atoms with E-state index in [4.69, 9.17) is 5.26 Å². The van der Waals surface area contributed by atoms with Crippen LogP contribution in [-0.2, 0) is 0 Å². The van der Waals surface area contributed by atoms with E-state index in [2.05, 4.69) is 26.8 Å². The minimum atomic E-state index is 0.244. The van der Waals surface area contributed by atoms with E-state index in [1.54, 1.807) is 0 Å². The third-order valence-corrected chi connectivity index (χ3v) is 3.75. The Morgan fingerprint density at radius 1 is 1.50 bits per heavy atom. The lowest BCUT2D eigenvalue weighted by molar-refractivity contribution is 0.490. The molecule has 0 spiro atoms. The SMILES string of the molecule is CC(C#N)CCC1[C@H](C)C1(C)C. The largest absolute Gasteiger partial charge is 0.198 e. The van der Waals surface area contributed by atoms with Crippen molar-refractivity contribution in [3.8, 4) is 6.07 Å². The number of hydrogen-bond donors (Lipinski definition) is 0. The highest BCUT2D eigenvalue weighted by molar-refractivity contribution is 5.02. The molecule has 0 aliphatic heterocycles. The van der Waals surface area contributed by atoms with E-state index in [0.29, 0.717) is 5.41 Å². The molecule has 0 radical (unpaired) electrons. The molecule has 0 aromatic rings. The summed E-state index contributed by atoms with van der Waals surface area (Å²) in [5, 5.41) is 8.61. The molecule has 1 rings (SSSR count). The summed E-state index contributed by atoms with van der Waals surface area (Å²) in [7, 11) is 0. The summed E-state index contributed by atoms with van der Waals surface area (Å²) in [5.41, 5.74) is 0.551. The minimum absolute atomic E-state index is 0.244. The van der Waals surface area contributed by atoms with Crippen LogP contribution in [0.3, 0.4) is 0 Å². The Morgan fingerprint density at radius 2 is 2.00 bits per heavy atom. The van der Waals surface area contributed by atoms with Gasteiger partial charge in [-0.2, -0.15) is 5.26 Å². The third-order valence-electron chi connectivity index (χ3n) is 3.75. The molecule has 0 saturated heterocycles. The van der Waals surface area contributed by atoms with Crippen LogP contribution in [0.5, 0.6) is 0 Å². The monoisotopic (exact) mass is 165 g/mol. The van der Waals surface area contributed by atoms with Crippen LogP contribution < -0.4 is 0 Å². The normalized spacial score (nSPS) is 33.9. The van der Waals surface area contributed by atoms with E-state index < -0.39 is 0 Å². The van der Waals surface area contributed by atoms with Gasteiger partial charge >= 0.3 is 0 Å². The van der Waals surface area contributed by atoms with E-state index in [1.807, 2.05) is 6.92 Å². The van der Waals surface area contributed by atoms with Crippen molar-refractivity contribution >= 4 is 0 Å². The smallest absolute Gasteiger partial charge is 0.0652 e. The first-order valence-electron chi connectivity index (χ1n) is 4.89. The van der Waals surface area contributed by atoms with Gasteiger partial charge in [-0.1, -0.05) is 20.8 Å². The minimum Gasteiger partial charge on any atom is -0.198 e. The Balaban J connectivity index is 2.24. The molecule has 0 amide bonds. The highest BCUT2D eigenvalue weighted by Gasteiger charge is 2.53. The zero-order chi connectivity index (χ0) is 9.35. The van der Waals surface area contributed by atoms with Crippen molar-refractivity contribution in [3.63, 3.8) is 0 Å². The predicted octanol–water partition coefficient (Wildman–Crippen LogP) is 3.22. The van der Waals surface area contributed by atoms with Crippen molar-refractivity contribution in [1.82, 2.24) is 0 Å². The van der Waals surface area contributed by atoms with Crippen LogP contribution in [0.25, 0.3) is 0 Å². The molecule has 3 atom stereocenters. The standard InChI is InChI=1S/C11H19N/c1-8(7-12)5-6-10-9(2)11(10,3)4/h8-10H,5-6H2,1-4H3/t8?,9-,10?/m0/s1. The Hall–Kier alpha value is -0.510. The Bertz CT molecular complexity index is 200. The second-order valence-electron chi connectivity index (χ2n) is 4.82. The van der Waals surface area contributed by atoms with Crippen LogP contribution in [0.1, 0.15) is 40.5 Å². The molecule has 1 aliphatic rings. The summed E-state index contributed by atoms with van der Waals surface area (Å²) in [6.45, 7) is 9.00. The van der Waals surface area contributed by atoms with E-state index in [0.717, 1.165) is 18.3 Å². The van der Waals surface area contributed by atoms with Gasteiger partial charge in [-0.25, -0.2) is 0 Å². The van der Waals surface area contributed by atoms with Crippen LogP contribution in [0.4, 0.5) is 0 Å². The van der Waals surface area contributed by atoms with Crippen LogP contribution in [0.15, 0.2) is 0 Å². The van der Waals surface area contributed by atoms with Crippen molar-refractivity contribution < 1.29 is 0 Å². The van der Waals surface area contributed by atoms with Crippen LogP contribution >= 0.6 is 0 Å². The molecule has 68 valence electrons. The Kier molecular flexibility index (Phi) is 2.46.